The van der Waals surface area contributed by atoms with Crippen molar-refractivity contribution in [2.24, 2.45) is 0 Å². The number of aromatic amines is 1. The van der Waals surface area contributed by atoms with Crippen molar-refractivity contribution in [3.63, 3.8) is 0 Å². The minimum Gasteiger partial charge on any atom is -0.337 e. The Morgan fingerprint density at radius 3 is 2.52 bits per heavy atom. The SMILES string of the molecule is FC(F)(F)CC(Br)CCCCCCCc1ccccc1-c1nc2ncccc2[nH]1. The smallest absolute Gasteiger partial charge is 0.337 e. The molecule has 0 aliphatic heterocycles. The number of aromatic nitrogens is 3. The van der Waals surface area contributed by atoms with Crippen LogP contribution in [0.4, 0.5) is 13.2 Å². The van der Waals surface area contributed by atoms with Crippen molar-refractivity contribution in [2.75, 3.05) is 0 Å². The van der Waals surface area contributed by atoms with Gasteiger partial charge in [0.2, 0.25) is 0 Å². The molecule has 2 aromatic heterocycles. The molecule has 1 N–H and O–H groups in total. The van der Waals surface area contributed by atoms with Crippen LogP contribution in [0.15, 0.2) is 42.6 Å². The van der Waals surface area contributed by atoms with E-state index in [2.05, 4.69) is 43.0 Å². The lowest BCUT2D eigenvalue weighted by molar-refractivity contribution is -0.134. The Morgan fingerprint density at radius 2 is 1.72 bits per heavy atom. The maximum absolute atomic E-state index is 12.3. The van der Waals surface area contributed by atoms with Crippen molar-refractivity contribution in [1.82, 2.24) is 15.0 Å². The summed E-state index contributed by atoms with van der Waals surface area (Å²) in [6.07, 6.45) is 3.39. The number of rotatable bonds is 10. The number of nitrogens with one attached hydrogen (secondary N) is 1. The number of H-pyrrole nitrogens is 1. The first-order valence-electron chi connectivity index (χ1n) is 10.0. The van der Waals surface area contributed by atoms with Crippen molar-refractivity contribution in [2.45, 2.75) is 62.4 Å². The Bertz CT molecular complexity index is 874. The van der Waals surface area contributed by atoms with Gasteiger partial charge in [0, 0.05) is 16.6 Å². The Morgan fingerprint density at radius 1 is 0.966 bits per heavy atom. The Balaban J connectivity index is 1.44. The van der Waals surface area contributed by atoms with Gasteiger partial charge in [-0.3, -0.25) is 0 Å². The molecule has 1 atom stereocenters. The van der Waals surface area contributed by atoms with Gasteiger partial charge in [0.15, 0.2) is 5.65 Å². The first-order valence-corrected chi connectivity index (χ1v) is 10.9. The molecule has 0 saturated carbocycles. The van der Waals surface area contributed by atoms with Crippen LogP contribution in [0.25, 0.3) is 22.6 Å². The Kier molecular flexibility index (Phi) is 7.70. The second kappa shape index (κ2) is 10.2. The van der Waals surface area contributed by atoms with Gasteiger partial charge < -0.3 is 4.98 Å². The van der Waals surface area contributed by atoms with Crippen LogP contribution in [0, 0.1) is 0 Å². The van der Waals surface area contributed by atoms with E-state index >= 15 is 0 Å². The average Bonchev–Trinajstić information content (AvgIpc) is 3.10. The van der Waals surface area contributed by atoms with E-state index in [1.165, 1.54) is 5.56 Å². The van der Waals surface area contributed by atoms with Gasteiger partial charge in [-0.25, -0.2) is 9.97 Å². The molecule has 0 spiro atoms. The summed E-state index contributed by atoms with van der Waals surface area (Å²) in [6, 6.07) is 12.1. The molecular formula is C22H25BrF3N3. The molecule has 0 saturated heterocycles. The Hall–Kier alpha value is -1.89. The third-order valence-corrected chi connectivity index (χ3v) is 5.73. The molecule has 3 nitrogen and oxygen atoms in total. The standard InChI is InChI=1S/C22H25BrF3N3/c23-17(15-22(24,25)26)11-5-3-1-2-4-9-16-10-6-7-12-18(16)20-28-19-13-8-14-27-21(19)29-20/h6-8,10,12-14,17H,1-5,9,11,15H2,(H,27,28,29). The highest BCUT2D eigenvalue weighted by atomic mass is 79.9. The summed E-state index contributed by atoms with van der Waals surface area (Å²) in [6.45, 7) is 0. The lowest BCUT2D eigenvalue weighted by atomic mass is 10.00. The zero-order valence-electron chi connectivity index (χ0n) is 16.2. The van der Waals surface area contributed by atoms with Crippen LogP contribution in [0.5, 0.6) is 0 Å². The highest BCUT2D eigenvalue weighted by Gasteiger charge is 2.30. The molecule has 0 radical (unpaired) electrons. The molecule has 0 fully saturated rings. The summed E-state index contributed by atoms with van der Waals surface area (Å²) in [5.74, 6) is 0.835. The summed E-state index contributed by atoms with van der Waals surface area (Å²) >= 11 is 3.14. The minimum absolute atomic E-state index is 0.465. The Labute approximate surface area is 177 Å². The molecule has 3 aromatic rings. The normalized spacial score (nSPS) is 13.1. The number of hydrogen-bond acceptors (Lipinski definition) is 2. The number of alkyl halides is 4. The minimum atomic E-state index is -4.09. The molecule has 1 unspecified atom stereocenters. The molecule has 3 rings (SSSR count). The van der Waals surface area contributed by atoms with Gasteiger partial charge in [0.25, 0.3) is 0 Å². The largest absolute Gasteiger partial charge is 0.390 e. The van der Waals surface area contributed by atoms with E-state index in [9.17, 15) is 13.2 Å². The van der Waals surface area contributed by atoms with Gasteiger partial charge in [0.05, 0.1) is 11.9 Å². The molecule has 0 amide bonds. The van der Waals surface area contributed by atoms with Gasteiger partial charge >= 0.3 is 6.18 Å². The van der Waals surface area contributed by atoms with Crippen LogP contribution in [0.1, 0.15) is 50.5 Å². The van der Waals surface area contributed by atoms with Gasteiger partial charge in [0.1, 0.15) is 5.82 Å². The summed E-state index contributed by atoms with van der Waals surface area (Å²) < 4.78 is 37.0. The summed E-state index contributed by atoms with van der Waals surface area (Å²) in [7, 11) is 0. The lowest BCUT2D eigenvalue weighted by Gasteiger charge is -2.12. The number of benzene rings is 1. The molecule has 156 valence electrons. The summed E-state index contributed by atoms with van der Waals surface area (Å²) in [4.78, 5) is 11.8. The first kappa shape index (κ1) is 21.8. The first-order chi connectivity index (χ1) is 13.9. The van der Waals surface area contributed by atoms with Crippen LogP contribution in [-0.2, 0) is 6.42 Å². The van der Waals surface area contributed by atoms with E-state index in [1.54, 1.807) is 6.20 Å². The number of hydrogen-bond donors (Lipinski definition) is 1. The van der Waals surface area contributed by atoms with E-state index in [0.717, 1.165) is 55.4 Å². The predicted octanol–water partition coefficient (Wildman–Crippen LogP) is 7.22. The maximum Gasteiger partial charge on any atom is 0.390 e. The van der Waals surface area contributed by atoms with Crippen LogP contribution in [-0.4, -0.2) is 26.0 Å². The van der Waals surface area contributed by atoms with Crippen molar-refractivity contribution >= 4 is 27.1 Å². The molecule has 0 aliphatic carbocycles. The van der Waals surface area contributed by atoms with E-state index < -0.39 is 17.4 Å². The zero-order chi connectivity index (χ0) is 20.7. The fourth-order valence-corrected chi connectivity index (χ4v) is 4.20. The van der Waals surface area contributed by atoms with Crippen LogP contribution in [0.3, 0.4) is 0 Å². The third kappa shape index (κ3) is 6.84. The third-order valence-electron chi connectivity index (χ3n) is 4.95. The lowest BCUT2D eigenvalue weighted by Crippen LogP contribution is -2.14. The molecule has 29 heavy (non-hydrogen) atoms. The van der Waals surface area contributed by atoms with Crippen molar-refractivity contribution in [3.05, 3.63) is 48.2 Å². The number of aryl methyl sites for hydroxylation is 1. The van der Waals surface area contributed by atoms with Crippen molar-refractivity contribution < 1.29 is 13.2 Å². The monoisotopic (exact) mass is 467 g/mol. The van der Waals surface area contributed by atoms with Gasteiger partial charge in [-0.05, 0) is 37.0 Å². The van der Waals surface area contributed by atoms with Crippen molar-refractivity contribution in [1.29, 1.82) is 0 Å². The number of nitrogens with zero attached hydrogens (tertiary/aromatic N) is 2. The summed E-state index contributed by atoms with van der Waals surface area (Å²) in [5, 5.41) is 0. The number of pyridine rings is 1. The second-order valence-corrected chi connectivity index (χ2v) is 8.64. The van der Waals surface area contributed by atoms with Crippen molar-refractivity contribution in [3.8, 4) is 11.4 Å². The molecule has 0 bridgehead atoms. The van der Waals surface area contributed by atoms with E-state index in [4.69, 9.17) is 0 Å². The second-order valence-electron chi connectivity index (χ2n) is 7.34. The quantitative estimate of drug-likeness (QED) is 0.252. The fraction of sp³-hybridized carbons (Fsp3) is 0.455. The van der Waals surface area contributed by atoms with Gasteiger partial charge in [-0.15, -0.1) is 0 Å². The number of unbranched alkanes of at least 4 members (excludes halogenated alkanes) is 4. The van der Waals surface area contributed by atoms with Crippen LogP contribution < -0.4 is 0 Å². The molecule has 1 aromatic carbocycles. The van der Waals surface area contributed by atoms with E-state index in [-0.39, 0.29) is 0 Å². The summed E-state index contributed by atoms with van der Waals surface area (Å²) in [5.41, 5.74) is 3.98. The number of halogens is 4. The molecule has 0 aliphatic rings. The van der Waals surface area contributed by atoms with Crippen LogP contribution in [0.2, 0.25) is 0 Å². The molecular weight excluding hydrogens is 443 g/mol. The predicted molar refractivity (Wildman–Crippen MR) is 114 cm³/mol. The molecule has 2 heterocycles. The highest BCUT2D eigenvalue weighted by molar-refractivity contribution is 9.09. The highest BCUT2D eigenvalue weighted by Crippen LogP contribution is 2.28. The van der Waals surface area contributed by atoms with E-state index in [1.807, 2.05) is 24.3 Å². The van der Waals surface area contributed by atoms with Gasteiger partial charge in [-0.2, -0.15) is 13.2 Å². The van der Waals surface area contributed by atoms with E-state index in [0.29, 0.717) is 12.1 Å². The van der Waals surface area contributed by atoms with Gasteiger partial charge in [-0.1, -0.05) is 65.9 Å². The number of fused-ring (bicyclic) bond motifs is 1. The fourth-order valence-electron chi connectivity index (χ4n) is 3.51. The van der Waals surface area contributed by atoms with Crippen LogP contribution >= 0.6 is 15.9 Å². The average molecular weight is 468 g/mol. The molecule has 7 heteroatoms. The zero-order valence-corrected chi connectivity index (χ0v) is 17.8. The number of imidazole rings is 1. The maximum atomic E-state index is 12.3. The topological polar surface area (TPSA) is 41.6 Å².